The zero-order chi connectivity index (χ0) is 14.7. The molecule has 1 atom stereocenters. The molecule has 0 spiro atoms. The SMILES string of the molecule is COC(=O)C(NC(C)(C)c1ccccc1)C(C)(C)C. The van der Waals surface area contributed by atoms with Crippen LogP contribution in [0.25, 0.3) is 0 Å². The number of nitrogens with one attached hydrogen (secondary N) is 1. The third-order valence-corrected chi connectivity index (χ3v) is 3.30. The Balaban J connectivity index is 2.99. The molecule has 3 heteroatoms. The average Bonchev–Trinajstić information content (AvgIpc) is 2.35. The number of rotatable bonds is 4. The van der Waals surface area contributed by atoms with E-state index < -0.39 is 0 Å². The molecule has 1 unspecified atom stereocenters. The van der Waals surface area contributed by atoms with Gasteiger partial charge in [0.25, 0.3) is 0 Å². The lowest BCUT2D eigenvalue weighted by atomic mass is 9.83. The van der Waals surface area contributed by atoms with Gasteiger partial charge in [0, 0.05) is 5.54 Å². The fraction of sp³-hybridized carbons (Fsp3) is 0.562. The number of carbonyl (C=O) groups excluding carboxylic acids is 1. The van der Waals surface area contributed by atoms with Crippen molar-refractivity contribution in [3.8, 4) is 0 Å². The van der Waals surface area contributed by atoms with E-state index >= 15 is 0 Å². The Bertz CT molecular complexity index is 418. The van der Waals surface area contributed by atoms with Crippen molar-refractivity contribution in [1.29, 1.82) is 0 Å². The summed E-state index contributed by atoms with van der Waals surface area (Å²) in [7, 11) is 1.43. The first-order chi connectivity index (χ1) is 8.68. The van der Waals surface area contributed by atoms with Gasteiger partial charge in [-0.15, -0.1) is 0 Å². The summed E-state index contributed by atoms with van der Waals surface area (Å²) in [5.74, 6) is -0.225. The van der Waals surface area contributed by atoms with E-state index in [1.807, 2.05) is 39.0 Å². The van der Waals surface area contributed by atoms with Crippen molar-refractivity contribution in [2.75, 3.05) is 7.11 Å². The van der Waals surface area contributed by atoms with Crippen LogP contribution in [-0.2, 0) is 15.1 Å². The lowest BCUT2D eigenvalue weighted by molar-refractivity contribution is -0.146. The van der Waals surface area contributed by atoms with Crippen LogP contribution in [0.4, 0.5) is 0 Å². The Morgan fingerprint density at radius 1 is 1.11 bits per heavy atom. The highest BCUT2D eigenvalue weighted by Gasteiger charge is 2.36. The van der Waals surface area contributed by atoms with Gasteiger partial charge in [-0.3, -0.25) is 10.1 Å². The quantitative estimate of drug-likeness (QED) is 0.848. The number of hydrogen-bond acceptors (Lipinski definition) is 3. The Morgan fingerprint density at radius 2 is 1.63 bits per heavy atom. The van der Waals surface area contributed by atoms with Crippen molar-refractivity contribution in [2.45, 2.75) is 46.2 Å². The second-order valence-electron chi connectivity index (χ2n) is 6.46. The lowest BCUT2D eigenvalue weighted by Gasteiger charge is -2.37. The molecular formula is C16H25NO2. The molecule has 0 fully saturated rings. The predicted octanol–water partition coefficient (Wildman–Crippen LogP) is 3.10. The first-order valence-corrected chi connectivity index (χ1v) is 6.59. The van der Waals surface area contributed by atoms with Gasteiger partial charge in [0.15, 0.2) is 0 Å². The first-order valence-electron chi connectivity index (χ1n) is 6.59. The molecule has 0 saturated heterocycles. The zero-order valence-corrected chi connectivity index (χ0v) is 12.8. The van der Waals surface area contributed by atoms with E-state index in [2.05, 4.69) is 31.3 Å². The normalized spacial score (nSPS) is 14.0. The number of carbonyl (C=O) groups is 1. The van der Waals surface area contributed by atoms with Crippen LogP contribution in [0.5, 0.6) is 0 Å². The predicted molar refractivity (Wildman–Crippen MR) is 77.9 cm³/mol. The summed E-state index contributed by atoms with van der Waals surface area (Å²) in [6, 6.07) is 9.76. The highest BCUT2D eigenvalue weighted by Crippen LogP contribution is 2.27. The summed E-state index contributed by atoms with van der Waals surface area (Å²) >= 11 is 0. The van der Waals surface area contributed by atoms with Gasteiger partial charge in [0.2, 0.25) is 0 Å². The average molecular weight is 263 g/mol. The van der Waals surface area contributed by atoms with Crippen LogP contribution in [0.2, 0.25) is 0 Å². The zero-order valence-electron chi connectivity index (χ0n) is 12.8. The summed E-state index contributed by atoms with van der Waals surface area (Å²) in [5, 5.41) is 3.43. The Morgan fingerprint density at radius 3 is 2.05 bits per heavy atom. The molecule has 1 N–H and O–H groups in total. The molecule has 0 aromatic heterocycles. The second kappa shape index (κ2) is 5.74. The topological polar surface area (TPSA) is 38.3 Å². The van der Waals surface area contributed by atoms with E-state index in [9.17, 15) is 4.79 Å². The van der Waals surface area contributed by atoms with Gasteiger partial charge in [-0.1, -0.05) is 51.1 Å². The van der Waals surface area contributed by atoms with Gasteiger partial charge in [-0.05, 0) is 24.8 Å². The molecule has 3 nitrogen and oxygen atoms in total. The van der Waals surface area contributed by atoms with Crippen molar-refractivity contribution < 1.29 is 9.53 Å². The highest BCUT2D eigenvalue weighted by molar-refractivity contribution is 5.76. The third kappa shape index (κ3) is 4.06. The largest absolute Gasteiger partial charge is 0.468 e. The molecule has 0 radical (unpaired) electrons. The van der Waals surface area contributed by atoms with Crippen LogP contribution in [0.3, 0.4) is 0 Å². The van der Waals surface area contributed by atoms with Crippen LogP contribution in [0.15, 0.2) is 30.3 Å². The van der Waals surface area contributed by atoms with Crippen LogP contribution in [0, 0.1) is 5.41 Å². The Labute approximate surface area is 116 Å². The fourth-order valence-electron chi connectivity index (χ4n) is 2.05. The van der Waals surface area contributed by atoms with Crippen LogP contribution in [0.1, 0.15) is 40.2 Å². The van der Waals surface area contributed by atoms with Crippen molar-refractivity contribution >= 4 is 5.97 Å². The molecule has 19 heavy (non-hydrogen) atoms. The van der Waals surface area contributed by atoms with E-state index in [0.717, 1.165) is 5.56 Å². The van der Waals surface area contributed by atoms with Gasteiger partial charge in [0.1, 0.15) is 6.04 Å². The van der Waals surface area contributed by atoms with Crippen molar-refractivity contribution in [2.24, 2.45) is 5.41 Å². The highest BCUT2D eigenvalue weighted by atomic mass is 16.5. The van der Waals surface area contributed by atoms with Crippen molar-refractivity contribution in [3.05, 3.63) is 35.9 Å². The molecule has 0 saturated carbocycles. The number of hydrogen-bond donors (Lipinski definition) is 1. The van der Waals surface area contributed by atoms with Crippen LogP contribution < -0.4 is 5.32 Å². The van der Waals surface area contributed by atoms with E-state index in [0.29, 0.717) is 0 Å². The van der Waals surface area contributed by atoms with Gasteiger partial charge in [0.05, 0.1) is 7.11 Å². The van der Waals surface area contributed by atoms with Gasteiger partial charge < -0.3 is 4.74 Å². The van der Waals surface area contributed by atoms with E-state index in [1.54, 1.807) is 0 Å². The fourth-order valence-corrected chi connectivity index (χ4v) is 2.05. The maximum Gasteiger partial charge on any atom is 0.323 e. The third-order valence-electron chi connectivity index (χ3n) is 3.30. The van der Waals surface area contributed by atoms with E-state index in [1.165, 1.54) is 7.11 Å². The summed E-state index contributed by atoms with van der Waals surface area (Å²) in [6.45, 7) is 10.2. The molecule has 0 bridgehead atoms. The van der Waals surface area contributed by atoms with Crippen molar-refractivity contribution in [1.82, 2.24) is 5.32 Å². The summed E-state index contributed by atoms with van der Waals surface area (Å²) < 4.78 is 4.92. The molecule has 0 aliphatic heterocycles. The van der Waals surface area contributed by atoms with Crippen LogP contribution >= 0.6 is 0 Å². The molecule has 0 amide bonds. The standard InChI is InChI=1S/C16H25NO2/c1-15(2,3)13(14(18)19-6)17-16(4,5)12-10-8-7-9-11-12/h7-11,13,17H,1-6H3. The maximum atomic E-state index is 12.0. The minimum atomic E-state index is -0.354. The second-order valence-corrected chi connectivity index (χ2v) is 6.46. The van der Waals surface area contributed by atoms with Crippen LogP contribution in [-0.4, -0.2) is 19.1 Å². The number of benzene rings is 1. The van der Waals surface area contributed by atoms with Crippen molar-refractivity contribution in [3.63, 3.8) is 0 Å². The molecule has 0 aliphatic carbocycles. The molecule has 0 heterocycles. The smallest absolute Gasteiger partial charge is 0.323 e. The van der Waals surface area contributed by atoms with E-state index in [4.69, 9.17) is 4.74 Å². The first kappa shape index (κ1) is 15.7. The number of methoxy groups -OCH3 is 1. The van der Waals surface area contributed by atoms with E-state index in [-0.39, 0.29) is 23.0 Å². The lowest BCUT2D eigenvalue weighted by Crippen LogP contribution is -2.54. The molecular weight excluding hydrogens is 238 g/mol. The minimum absolute atomic E-state index is 0.209. The Kier molecular flexibility index (Phi) is 4.75. The number of esters is 1. The molecule has 106 valence electrons. The number of ether oxygens (including phenoxy) is 1. The van der Waals surface area contributed by atoms with Gasteiger partial charge >= 0.3 is 5.97 Å². The molecule has 1 rings (SSSR count). The summed E-state index contributed by atoms with van der Waals surface area (Å²) in [4.78, 5) is 12.0. The maximum absolute atomic E-state index is 12.0. The monoisotopic (exact) mass is 263 g/mol. The molecule has 1 aromatic rings. The molecule has 0 aliphatic rings. The summed E-state index contributed by atoms with van der Waals surface area (Å²) in [5.41, 5.74) is 0.639. The minimum Gasteiger partial charge on any atom is -0.468 e. The summed E-state index contributed by atoms with van der Waals surface area (Å²) in [6.07, 6.45) is 0. The Hall–Kier alpha value is -1.35. The van der Waals surface area contributed by atoms with Gasteiger partial charge in [-0.2, -0.15) is 0 Å². The molecule has 1 aromatic carbocycles. The van der Waals surface area contributed by atoms with Gasteiger partial charge in [-0.25, -0.2) is 0 Å².